The lowest BCUT2D eigenvalue weighted by Gasteiger charge is -2.17. The molecule has 0 heterocycles. The van der Waals surface area contributed by atoms with Gasteiger partial charge < -0.3 is 10.2 Å². The molecule has 1 radical (unpaired) electrons. The van der Waals surface area contributed by atoms with Crippen molar-refractivity contribution in [2.24, 2.45) is 0 Å². The minimum absolute atomic E-state index is 0.412. The maximum absolute atomic E-state index is 10.5. The van der Waals surface area contributed by atoms with E-state index in [0.717, 1.165) is 6.92 Å². The third-order valence-corrected chi connectivity index (χ3v) is 2.64. The van der Waals surface area contributed by atoms with E-state index in [1.165, 1.54) is 0 Å². The second kappa shape index (κ2) is 4.13. The molecule has 73 valence electrons. The van der Waals surface area contributed by atoms with Gasteiger partial charge in [0.2, 0.25) is 10.7 Å². The molecule has 0 saturated carbocycles. The van der Waals surface area contributed by atoms with Gasteiger partial charge in [0.25, 0.3) is 0 Å². The topological polar surface area (TPSA) is 115 Å². The van der Waals surface area contributed by atoms with Crippen LogP contribution in [0.3, 0.4) is 0 Å². The van der Waals surface area contributed by atoms with Crippen LogP contribution in [0, 0.1) is 0 Å². The lowest BCUT2D eigenvalue weighted by Crippen LogP contribution is -2.41. The van der Waals surface area contributed by atoms with Gasteiger partial charge in [-0.25, -0.2) is 0 Å². The third kappa shape index (κ3) is 2.94. The first-order valence-corrected chi connectivity index (χ1v) is 4.14. The van der Waals surface area contributed by atoms with Gasteiger partial charge in [-0.3, -0.25) is 20.1 Å². The van der Waals surface area contributed by atoms with E-state index in [-0.39, 0.29) is 0 Å². The first kappa shape index (κ1) is 11.8. The molecule has 0 bridgehead atoms. The van der Waals surface area contributed by atoms with E-state index in [2.05, 4.69) is 0 Å². The standard InChI is InChI=1S/C6H8NO5S/c1-6(4(9)10,5(11)12)13-2-3(7)8/h7H,2H2,1H3,(H,9,10)(H,11,12). The fourth-order valence-electron chi connectivity index (χ4n) is 0.425. The van der Waals surface area contributed by atoms with Gasteiger partial charge in [-0.2, -0.15) is 0 Å². The number of aliphatic carboxylic acids is 2. The summed E-state index contributed by atoms with van der Waals surface area (Å²) in [7, 11) is 0. The molecule has 6 nitrogen and oxygen atoms in total. The Bertz CT molecular complexity index is 237. The zero-order chi connectivity index (χ0) is 10.6. The van der Waals surface area contributed by atoms with Crippen molar-refractivity contribution < 1.29 is 24.6 Å². The Kier molecular flexibility index (Phi) is 3.73. The van der Waals surface area contributed by atoms with Gasteiger partial charge in [-0.1, -0.05) is 0 Å². The van der Waals surface area contributed by atoms with Gasteiger partial charge >= 0.3 is 11.9 Å². The van der Waals surface area contributed by atoms with Crippen molar-refractivity contribution in [3.63, 3.8) is 0 Å². The predicted octanol–water partition coefficient (Wildman–Crippen LogP) is -0.543. The summed E-state index contributed by atoms with van der Waals surface area (Å²) in [6.07, 6.45) is 0. The Balaban J connectivity index is 4.52. The maximum Gasteiger partial charge on any atom is 0.331 e. The lowest BCUT2D eigenvalue weighted by molar-refractivity contribution is -0.150. The lowest BCUT2D eigenvalue weighted by atomic mass is 10.2. The summed E-state index contributed by atoms with van der Waals surface area (Å²) in [6, 6.07) is 0. The van der Waals surface area contributed by atoms with Crippen LogP contribution in [0.2, 0.25) is 0 Å². The van der Waals surface area contributed by atoms with E-state index in [9.17, 15) is 14.4 Å². The zero-order valence-electron chi connectivity index (χ0n) is 6.73. The van der Waals surface area contributed by atoms with Crippen molar-refractivity contribution >= 4 is 29.6 Å². The van der Waals surface area contributed by atoms with Crippen LogP contribution in [0.5, 0.6) is 0 Å². The highest BCUT2D eigenvalue weighted by atomic mass is 32.2. The van der Waals surface area contributed by atoms with E-state index >= 15 is 0 Å². The van der Waals surface area contributed by atoms with E-state index in [1.54, 1.807) is 0 Å². The molecular weight excluding hydrogens is 198 g/mol. The summed E-state index contributed by atoms with van der Waals surface area (Å²) >= 11 is 0.412. The Morgan fingerprint density at radius 3 is 1.92 bits per heavy atom. The molecule has 7 heteroatoms. The average Bonchev–Trinajstić information content (AvgIpc) is 1.99. The summed E-state index contributed by atoms with van der Waals surface area (Å²) in [5.41, 5.74) is 6.49. The van der Waals surface area contributed by atoms with Crippen LogP contribution in [-0.2, 0) is 14.4 Å². The highest BCUT2D eigenvalue weighted by Gasteiger charge is 2.42. The molecule has 0 aromatic carbocycles. The van der Waals surface area contributed by atoms with Gasteiger partial charge in [-0.05, 0) is 6.92 Å². The Labute approximate surface area is 78.1 Å². The molecule has 0 rings (SSSR count). The molecule has 0 saturated heterocycles. The highest BCUT2D eigenvalue weighted by molar-refractivity contribution is 8.02. The fourth-order valence-corrected chi connectivity index (χ4v) is 1.09. The van der Waals surface area contributed by atoms with Crippen molar-refractivity contribution in [3.8, 4) is 0 Å². The van der Waals surface area contributed by atoms with E-state index in [4.69, 9.17) is 15.9 Å². The molecule has 3 N–H and O–H groups in total. The number of carboxylic acid groups (broad SMARTS) is 2. The largest absolute Gasteiger partial charge is 0.480 e. The zero-order valence-corrected chi connectivity index (χ0v) is 7.55. The monoisotopic (exact) mass is 206 g/mol. The Morgan fingerprint density at radius 2 is 1.69 bits per heavy atom. The molecule has 1 amide bonds. The molecule has 0 spiro atoms. The Morgan fingerprint density at radius 1 is 1.31 bits per heavy atom. The molecule has 0 atom stereocenters. The third-order valence-electron chi connectivity index (χ3n) is 1.31. The van der Waals surface area contributed by atoms with Crippen molar-refractivity contribution in [3.05, 3.63) is 0 Å². The summed E-state index contributed by atoms with van der Waals surface area (Å²) in [5.74, 6) is -4.52. The second-order valence-corrected chi connectivity index (χ2v) is 3.75. The van der Waals surface area contributed by atoms with Crippen LogP contribution in [0.15, 0.2) is 0 Å². The van der Waals surface area contributed by atoms with Gasteiger partial charge in [0, 0.05) is 0 Å². The molecule has 0 aromatic rings. The number of thioether (sulfide) groups is 1. The Hall–Kier alpha value is -1.24. The molecule has 0 aliphatic heterocycles. The first-order chi connectivity index (χ1) is 5.80. The number of hydrogen-bond acceptors (Lipinski definition) is 4. The van der Waals surface area contributed by atoms with Gasteiger partial charge in [0.15, 0.2) is 0 Å². The number of hydrogen-bond donors (Lipinski definition) is 2. The van der Waals surface area contributed by atoms with Crippen LogP contribution >= 0.6 is 11.8 Å². The smallest absolute Gasteiger partial charge is 0.331 e. The van der Waals surface area contributed by atoms with Gasteiger partial charge in [0.05, 0.1) is 5.75 Å². The normalized spacial score (nSPS) is 10.8. The molecule has 0 aliphatic rings. The van der Waals surface area contributed by atoms with Crippen molar-refractivity contribution in [2.45, 2.75) is 11.7 Å². The predicted molar refractivity (Wildman–Crippen MR) is 44.2 cm³/mol. The van der Waals surface area contributed by atoms with Crippen LogP contribution in [0.4, 0.5) is 0 Å². The van der Waals surface area contributed by atoms with Gasteiger partial charge in [-0.15, -0.1) is 11.8 Å². The molecule has 0 aromatic heterocycles. The van der Waals surface area contributed by atoms with Crippen molar-refractivity contribution in [1.82, 2.24) is 5.73 Å². The molecule has 0 unspecified atom stereocenters. The number of amides is 1. The van der Waals surface area contributed by atoms with E-state index < -0.39 is 28.3 Å². The number of carboxylic acids is 2. The minimum Gasteiger partial charge on any atom is -0.480 e. The minimum atomic E-state index is -2.06. The number of carbonyl (C=O) groups is 3. The van der Waals surface area contributed by atoms with Crippen molar-refractivity contribution in [2.75, 3.05) is 5.75 Å². The van der Waals surface area contributed by atoms with Crippen LogP contribution in [-0.4, -0.2) is 38.6 Å². The summed E-state index contributed by atoms with van der Waals surface area (Å²) in [5, 5.41) is 17.1. The number of rotatable bonds is 5. The molecule has 0 aliphatic carbocycles. The molecule has 0 fully saturated rings. The van der Waals surface area contributed by atoms with Gasteiger partial charge in [0.1, 0.15) is 0 Å². The fraction of sp³-hybridized carbons (Fsp3) is 0.500. The molecular formula is C6H8NO5S. The highest BCUT2D eigenvalue weighted by Crippen LogP contribution is 2.25. The first-order valence-electron chi connectivity index (χ1n) is 3.16. The van der Waals surface area contributed by atoms with E-state index in [1.807, 2.05) is 0 Å². The van der Waals surface area contributed by atoms with Crippen molar-refractivity contribution in [1.29, 1.82) is 0 Å². The summed E-state index contributed by atoms with van der Waals surface area (Å²) in [6.45, 7) is 0.977. The second-order valence-electron chi connectivity index (χ2n) is 2.36. The summed E-state index contributed by atoms with van der Waals surface area (Å²) in [4.78, 5) is 31.2. The maximum atomic E-state index is 10.5. The van der Waals surface area contributed by atoms with E-state index in [0.29, 0.717) is 11.8 Å². The SMILES string of the molecule is CC(SCC([NH])=O)(C(=O)O)C(=O)O. The van der Waals surface area contributed by atoms with Crippen LogP contribution in [0.25, 0.3) is 0 Å². The number of nitrogens with one attached hydrogen (secondary N) is 1. The van der Waals surface area contributed by atoms with Crippen LogP contribution < -0.4 is 5.73 Å². The summed E-state index contributed by atoms with van der Waals surface area (Å²) < 4.78 is -2.06. The molecule has 13 heavy (non-hydrogen) atoms. The average molecular weight is 206 g/mol. The number of carbonyl (C=O) groups excluding carboxylic acids is 1. The quantitative estimate of drug-likeness (QED) is 0.583. The van der Waals surface area contributed by atoms with Crippen LogP contribution in [0.1, 0.15) is 6.92 Å².